The van der Waals surface area contributed by atoms with Gasteiger partial charge in [0.25, 0.3) is 5.91 Å². The van der Waals surface area contributed by atoms with Crippen LogP contribution in [-0.2, 0) is 9.53 Å². The van der Waals surface area contributed by atoms with Gasteiger partial charge in [-0.1, -0.05) is 24.3 Å². The van der Waals surface area contributed by atoms with E-state index in [0.29, 0.717) is 0 Å². The molecule has 1 atom stereocenters. The number of hydrogen-bond donors (Lipinski definition) is 2. The Kier molecular flexibility index (Phi) is 7.80. The van der Waals surface area contributed by atoms with Crippen molar-refractivity contribution in [3.05, 3.63) is 71.4 Å². The lowest BCUT2D eigenvalue weighted by Gasteiger charge is -2.14. The molecule has 2 aromatic rings. The van der Waals surface area contributed by atoms with Crippen LogP contribution < -0.4 is 15.4 Å². The van der Waals surface area contributed by atoms with Crippen molar-refractivity contribution in [2.45, 2.75) is 19.9 Å². The first-order valence-corrected chi connectivity index (χ1v) is 9.07. The highest BCUT2D eigenvalue weighted by Crippen LogP contribution is 2.19. The fraction of sp³-hybridized carbons (Fsp3) is 0.227. The molecule has 2 N–H and O–H groups in total. The monoisotopic (exact) mass is 393 g/mol. The number of hydrogen-bond acceptors (Lipinski definition) is 6. The summed E-state index contributed by atoms with van der Waals surface area (Å²) >= 11 is 0. The molecule has 1 unspecified atom stereocenters. The number of carbonyl (C=O) groups is 2. The van der Waals surface area contributed by atoms with Gasteiger partial charge < -0.3 is 20.1 Å². The number of benzene rings is 2. The van der Waals surface area contributed by atoms with E-state index in [1.54, 1.807) is 38.3 Å². The minimum atomic E-state index is -0.626. The molecule has 2 rings (SSSR count). The van der Waals surface area contributed by atoms with Crippen molar-refractivity contribution in [2.24, 2.45) is 0 Å². The average Bonchev–Trinajstić information content (AvgIpc) is 2.74. The second kappa shape index (κ2) is 10.5. The molecule has 0 radical (unpaired) electrons. The van der Waals surface area contributed by atoms with Crippen LogP contribution in [0.15, 0.2) is 60.3 Å². The van der Waals surface area contributed by atoms with E-state index in [0.717, 1.165) is 11.3 Å². The highest BCUT2D eigenvalue weighted by Gasteiger charge is 2.16. The smallest absolute Gasteiger partial charge is 0.340 e. The zero-order chi connectivity index (χ0) is 21.2. The molecule has 0 fully saturated rings. The molecule has 7 nitrogen and oxygen atoms in total. The van der Waals surface area contributed by atoms with Gasteiger partial charge in [0, 0.05) is 12.2 Å². The lowest BCUT2D eigenvalue weighted by molar-refractivity contribution is -0.112. The number of para-hydroxylation sites is 1. The van der Waals surface area contributed by atoms with Crippen LogP contribution in [0.4, 0.5) is 5.69 Å². The fourth-order valence-corrected chi connectivity index (χ4v) is 2.51. The first-order chi connectivity index (χ1) is 14.0. The van der Waals surface area contributed by atoms with Crippen molar-refractivity contribution < 1.29 is 19.1 Å². The van der Waals surface area contributed by atoms with E-state index >= 15 is 0 Å². The summed E-state index contributed by atoms with van der Waals surface area (Å²) in [5.41, 5.74) is 1.34. The van der Waals surface area contributed by atoms with Gasteiger partial charge in [-0.25, -0.2) is 4.79 Å². The van der Waals surface area contributed by atoms with Gasteiger partial charge in [0.15, 0.2) is 0 Å². The summed E-state index contributed by atoms with van der Waals surface area (Å²) in [4.78, 5) is 24.5. The van der Waals surface area contributed by atoms with Gasteiger partial charge in [0.05, 0.1) is 25.0 Å². The van der Waals surface area contributed by atoms with E-state index in [-0.39, 0.29) is 29.5 Å². The lowest BCUT2D eigenvalue weighted by Crippen LogP contribution is -2.20. The van der Waals surface area contributed by atoms with Crippen LogP contribution in [-0.4, -0.2) is 25.6 Å². The summed E-state index contributed by atoms with van der Waals surface area (Å²) in [5, 5.41) is 15.0. The van der Waals surface area contributed by atoms with Crippen molar-refractivity contribution in [1.82, 2.24) is 5.32 Å². The number of anilines is 1. The largest absolute Gasteiger partial charge is 0.497 e. The van der Waals surface area contributed by atoms with Crippen molar-refractivity contribution in [2.75, 3.05) is 19.0 Å². The zero-order valence-corrected chi connectivity index (χ0v) is 16.6. The molecule has 0 heterocycles. The fourth-order valence-electron chi connectivity index (χ4n) is 2.51. The predicted octanol–water partition coefficient (Wildman–Crippen LogP) is 3.57. The summed E-state index contributed by atoms with van der Waals surface area (Å²) in [7, 11) is 1.59. The number of amides is 1. The molecule has 0 spiro atoms. The zero-order valence-electron chi connectivity index (χ0n) is 16.6. The van der Waals surface area contributed by atoms with Crippen LogP contribution in [0.25, 0.3) is 0 Å². The Balaban J connectivity index is 2.10. The molecule has 0 aromatic heterocycles. The van der Waals surface area contributed by atoms with E-state index < -0.39 is 11.9 Å². The molecule has 1 amide bonds. The molecule has 0 aliphatic carbocycles. The molecule has 29 heavy (non-hydrogen) atoms. The Morgan fingerprint density at radius 1 is 1.17 bits per heavy atom. The van der Waals surface area contributed by atoms with Crippen molar-refractivity contribution in [1.29, 1.82) is 5.26 Å². The van der Waals surface area contributed by atoms with Gasteiger partial charge in [0.1, 0.15) is 17.4 Å². The summed E-state index contributed by atoms with van der Waals surface area (Å²) < 4.78 is 10.1. The number of rotatable bonds is 8. The highest BCUT2D eigenvalue weighted by atomic mass is 16.5. The van der Waals surface area contributed by atoms with Gasteiger partial charge in [-0.3, -0.25) is 4.79 Å². The molecular weight excluding hydrogens is 370 g/mol. The topological polar surface area (TPSA) is 100 Å². The minimum Gasteiger partial charge on any atom is -0.497 e. The molecule has 150 valence electrons. The molecule has 0 saturated heterocycles. The van der Waals surface area contributed by atoms with E-state index in [1.165, 1.54) is 6.20 Å². The maximum atomic E-state index is 12.5. The van der Waals surface area contributed by atoms with Crippen LogP contribution in [0, 0.1) is 11.3 Å². The number of nitrogens with zero attached hydrogens (tertiary/aromatic N) is 1. The molecule has 0 saturated carbocycles. The van der Waals surface area contributed by atoms with Crippen LogP contribution in [0.3, 0.4) is 0 Å². The van der Waals surface area contributed by atoms with E-state index in [4.69, 9.17) is 9.47 Å². The molecule has 2 aromatic carbocycles. The molecule has 0 aliphatic rings. The van der Waals surface area contributed by atoms with Gasteiger partial charge in [-0.15, -0.1) is 0 Å². The Labute approximate surface area is 169 Å². The number of esters is 1. The van der Waals surface area contributed by atoms with E-state index in [2.05, 4.69) is 10.6 Å². The Hall–Kier alpha value is -3.79. The Morgan fingerprint density at radius 3 is 2.48 bits per heavy atom. The second-order valence-electron chi connectivity index (χ2n) is 6.05. The standard InChI is InChI=1S/C22H23N3O4/c1-4-29-22(27)19-7-5-6-8-20(19)25-21(26)17(13-23)14-24-15(2)16-9-11-18(28-3)12-10-16/h5-12,14-15,24H,4H2,1-3H3,(H,25,26)/b17-14-. The summed E-state index contributed by atoms with van der Waals surface area (Å²) in [6.07, 6.45) is 1.36. The maximum absolute atomic E-state index is 12.5. The third kappa shape index (κ3) is 5.84. The predicted molar refractivity (Wildman–Crippen MR) is 109 cm³/mol. The molecule has 7 heteroatoms. The van der Waals surface area contributed by atoms with Gasteiger partial charge in [0.2, 0.25) is 0 Å². The maximum Gasteiger partial charge on any atom is 0.340 e. The van der Waals surface area contributed by atoms with Crippen LogP contribution in [0.1, 0.15) is 35.8 Å². The lowest BCUT2D eigenvalue weighted by atomic mass is 10.1. The summed E-state index contributed by atoms with van der Waals surface area (Å²) in [6.45, 7) is 3.82. The second-order valence-corrected chi connectivity index (χ2v) is 6.05. The SMILES string of the molecule is CCOC(=O)c1ccccc1NC(=O)/C(C#N)=C\NC(C)c1ccc(OC)cc1. The number of nitriles is 1. The average molecular weight is 393 g/mol. The van der Waals surface area contributed by atoms with Gasteiger partial charge >= 0.3 is 5.97 Å². The van der Waals surface area contributed by atoms with Crippen LogP contribution in [0.5, 0.6) is 5.75 Å². The number of ether oxygens (including phenoxy) is 2. The molecule has 0 aliphatic heterocycles. The van der Waals surface area contributed by atoms with Gasteiger partial charge in [-0.05, 0) is 43.7 Å². The summed E-state index contributed by atoms with van der Waals surface area (Å²) in [5.74, 6) is -0.426. The van der Waals surface area contributed by atoms with Crippen LogP contribution in [0.2, 0.25) is 0 Å². The van der Waals surface area contributed by atoms with Gasteiger partial charge in [-0.2, -0.15) is 5.26 Å². The van der Waals surface area contributed by atoms with Crippen molar-refractivity contribution in [3.63, 3.8) is 0 Å². The molecule has 0 bridgehead atoms. The normalized spacial score (nSPS) is 11.7. The summed E-state index contributed by atoms with van der Waals surface area (Å²) in [6, 6.07) is 15.7. The Morgan fingerprint density at radius 2 is 1.86 bits per heavy atom. The van der Waals surface area contributed by atoms with Crippen molar-refractivity contribution >= 4 is 17.6 Å². The number of nitrogens with one attached hydrogen (secondary N) is 2. The first kappa shape index (κ1) is 21.5. The minimum absolute atomic E-state index is 0.121. The third-order valence-corrected chi connectivity index (χ3v) is 4.13. The number of methoxy groups -OCH3 is 1. The quantitative estimate of drug-likeness (QED) is 0.404. The third-order valence-electron chi connectivity index (χ3n) is 4.13. The van der Waals surface area contributed by atoms with E-state index in [9.17, 15) is 14.9 Å². The highest BCUT2D eigenvalue weighted by molar-refractivity contribution is 6.09. The van der Waals surface area contributed by atoms with Crippen molar-refractivity contribution in [3.8, 4) is 11.8 Å². The van der Waals surface area contributed by atoms with Crippen LogP contribution >= 0.6 is 0 Å². The Bertz CT molecular complexity index is 930. The number of carbonyl (C=O) groups excluding carboxylic acids is 2. The van der Waals surface area contributed by atoms with E-state index in [1.807, 2.05) is 37.3 Å². The molecular formula is C22H23N3O4. The first-order valence-electron chi connectivity index (χ1n) is 9.07.